The number of carboxylic acid groups (broad SMARTS) is 1. The number of rotatable bonds is 13. The molecule has 0 radical (unpaired) electrons. The van der Waals surface area contributed by atoms with E-state index in [0.29, 0.717) is 36.4 Å². The van der Waals surface area contributed by atoms with E-state index in [4.69, 9.17) is 19.3 Å². The number of ether oxygens (including phenoxy) is 3. The van der Waals surface area contributed by atoms with Gasteiger partial charge in [0.15, 0.2) is 5.78 Å². The van der Waals surface area contributed by atoms with E-state index >= 15 is 0 Å². The van der Waals surface area contributed by atoms with E-state index in [0.717, 1.165) is 11.1 Å². The van der Waals surface area contributed by atoms with Gasteiger partial charge in [0, 0.05) is 17.7 Å². The molecule has 2 N–H and O–H groups in total. The molecule has 0 aliphatic carbocycles. The van der Waals surface area contributed by atoms with Crippen LogP contribution in [0, 0.1) is 12.7 Å². The molecule has 0 aromatic heterocycles. The fraction of sp³-hybridized carbons (Fsp3) is 0.391. The Morgan fingerprint density at radius 3 is 2.26 bits per heavy atom. The van der Waals surface area contributed by atoms with Gasteiger partial charge in [-0.1, -0.05) is 12.1 Å². The molecule has 2 aromatic rings. The molecule has 0 saturated carbocycles. The summed E-state index contributed by atoms with van der Waals surface area (Å²) in [5, 5.41) is 11.8. The number of aliphatic carboxylic acids is 1. The molecular weight excluding hydrogens is 405 g/mol. The summed E-state index contributed by atoms with van der Waals surface area (Å²) in [4.78, 5) is 23.8. The predicted molar refractivity (Wildman–Crippen MR) is 114 cm³/mol. The molecule has 7 nitrogen and oxygen atoms in total. The lowest BCUT2D eigenvalue weighted by Crippen LogP contribution is -2.39. The van der Waals surface area contributed by atoms with Crippen LogP contribution < -0.4 is 14.8 Å². The van der Waals surface area contributed by atoms with Gasteiger partial charge < -0.3 is 24.6 Å². The first-order valence-electron chi connectivity index (χ1n) is 9.90. The maximum atomic E-state index is 13.3. The fourth-order valence-electron chi connectivity index (χ4n) is 3.18. The number of nitrogens with one attached hydrogen (secondary N) is 1. The van der Waals surface area contributed by atoms with Gasteiger partial charge in [0.25, 0.3) is 0 Å². The average molecular weight is 433 g/mol. The van der Waals surface area contributed by atoms with Gasteiger partial charge in [0.1, 0.15) is 23.9 Å². The molecule has 0 aliphatic rings. The van der Waals surface area contributed by atoms with Gasteiger partial charge in [0.2, 0.25) is 0 Å². The van der Waals surface area contributed by atoms with Crippen LogP contribution in [0.4, 0.5) is 4.39 Å². The monoisotopic (exact) mass is 433 g/mol. The Balaban J connectivity index is 2.16. The maximum Gasteiger partial charge on any atom is 0.329 e. The van der Waals surface area contributed by atoms with Crippen LogP contribution in [0.5, 0.6) is 11.5 Å². The van der Waals surface area contributed by atoms with Crippen molar-refractivity contribution < 1.29 is 33.3 Å². The van der Waals surface area contributed by atoms with Crippen LogP contribution in [0.1, 0.15) is 27.9 Å². The summed E-state index contributed by atoms with van der Waals surface area (Å²) < 4.78 is 28.9. The standard InChI is InChI=1S/C23H28FNO6/c1-15-20(29-2)12-17(13-21(15)30-3)23(28)19(25-10-11-31-14-22(26)27)9-6-16-4-7-18(24)8-5-16/h4-5,7-8,12-13,19,25H,6,9-11,14H2,1-3H3,(H,26,27). The average Bonchev–Trinajstić information content (AvgIpc) is 2.76. The van der Waals surface area contributed by atoms with E-state index in [1.165, 1.54) is 26.4 Å². The first-order valence-corrected chi connectivity index (χ1v) is 9.90. The lowest BCUT2D eigenvalue weighted by atomic mass is 9.96. The first kappa shape index (κ1) is 24.3. The molecular formula is C23H28FNO6. The Morgan fingerprint density at radius 2 is 1.71 bits per heavy atom. The molecule has 0 amide bonds. The third-order valence-electron chi connectivity index (χ3n) is 4.85. The van der Waals surface area contributed by atoms with E-state index < -0.39 is 18.6 Å². The second-order valence-electron chi connectivity index (χ2n) is 6.99. The Hall–Kier alpha value is -2.97. The number of carbonyl (C=O) groups excluding carboxylic acids is 1. The van der Waals surface area contributed by atoms with Crippen molar-refractivity contribution in [2.24, 2.45) is 0 Å². The number of methoxy groups -OCH3 is 2. The van der Waals surface area contributed by atoms with Crippen molar-refractivity contribution in [2.75, 3.05) is 34.0 Å². The minimum Gasteiger partial charge on any atom is -0.496 e. The van der Waals surface area contributed by atoms with Gasteiger partial charge in [0.05, 0.1) is 26.9 Å². The van der Waals surface area contributed by atoms with Gasteiger partial charge in [-0.2, -0.15) is 0 Å². The molecule has 2 aromatic carbocycles. The van der Waals surface area contributed by atoms with Crippen molar-refractivity contribution in [3.63, 3.8) is 0 Å². The van der Waals surface area contributed by atoms with Gasteiger partial charge in [-0.05, 0) is 49.6 Å². The van der Waals surface area contributed by atoms with Crippen molar-refractivity contribution in [3.8, 4) is 11.5 Å². The highest BCUT2D eigenvalue weighted by Crippen LogP contribution is 2.30. The van der Waals surface area contributed by atoms with Crippen LogP contribution in [-0.4, -0.2) is 56.9 Å². The lowest BCUT2D eigenvalue weighted by molar-refractivity contribution is -0.142. The Morgan fingerprint density at radius 1 is 1.10 bits per heavy atom. The van der Waals surface area contributed by atoms with Crippen LogP contribution >= 0.6 is 0 Å². The van der Waals surface area contributed by atoms with Crippen LogP contribution in [0.15, 0.2) is 36.4 Å². The van der Waals surface area contributed by atoms with Crippen molar-refractivity contribution in [1.82, 2.24) is 5.32 Å². The van der Waals surface area contributed by atoms with Gasteiger partial charge >= 0.3 is 5.97 Å². The highest BCUT2D eigenvalue weighted by atomic mass is 19.1. The molecule has 168 valence electrons. The highest BCUT2D eigenvalue weighted by Gasteiger charge is 2.22. The molecule has 0 spiro atoms. The van der Waals surface area contributed by atoms with Crippen LogP contribution in [0.25, 0.3) is 0 Å². The zero-order valence-electron chi connectivity index (χ0n) is 17.9. The van der Waals surface area contributed by atoms with Crippen molar-refractivity contribution in [1.29, 1.82) is 0 Å². The predicted octanol–water partition coefficient (Wildman–Crippen LogP) is 3.03. The Kier molecular flexibility index (Phi) is 9.42. The summed E-state index contributed by atoms with van der Waals surface area (Å²) in [5.74, 6) is -0.432. The number of carboxylic acids is 1. The smallest absolute Gasteiger partial charge is 0.329 e. The largest absolute Gasteiger partial charge is 0.496 e. The SMILES string of the molecule is COc1cc(C(=O)C(CCc2ccc(F)cc2)NCCOCC(=O)O)cc(OC)c1C. The number of hydrogen-bond acceptors (Lipinski definition) is 6. The number of carbonyl (C=O) groups is 2. The highest BCUT2D eigenvalue weighted by molar-refractivity contribution is 6.01. The van der Waals surface area contributed by atoms with Crippen LogP contribution in [-0.2, 0) is 16.0 Å². The number of benzene rings is 2. The number of Topliss-reactive ketones (excluding diaryl/α,β-unsaturated/α-hetero) is 1. The molecule has 0 bridgehead atoms. The van der Waals surface area contributed by atoms with E-state index in [2.05, 4.69) is 5.32 Å². The lowest BCUT2D eigenvalue weighted by Gasteiger charge is -2.19. The van der Waals surface area contributed by atoms with E-state index in [1.807, 2.05) is 6.92 Å². The minimum atomic E-state index is -1.05. The molecule has 2 rings (SSSR count). The van der Waals surface area contributed by atoms with Crippen molar-refractivity contribution in [2.45, 2.75) is 25.8 Å². The fourth-order valence-corrected chi connectivity index (χ4v) is 3.18. The van der Waals surface area contributed by atoms with Crippen molar-refractivity contribution >= 4 is 11.8 Å². The summed E-state index contributed by atoms with van der Waals surface area (Å²) in [6.45, 7) is 1.89. The molecule has 0 saturated heterocycles. The Bertz CT molecular complexity index is 859. The van der Waals surface area contributed by atoms with Gasteiger partial charge in [-0.15, -0.1) is 0 Å². The third-order valence-corrected chi connectivity index (χ3v) is 4.85. The van der Waals surface area contributed by atoms with Gasteiger partial charge in [-0.25, -0.2) is 9.18 Å². The molecule has 31 heavy (non-hydrogen) atoms. The van der Waals surface area contributed by atoms with Crippen LogP contribution in [0.3, 0.4) is 0 Å². The topological polar surface area (TPSA) is 94.1 Å². The van der Waals surface area contributed by atoms with E-state index in [9.17, 15) is 14.0 Å². The zero-order valence-corrected chi connectivity index (χ0v) is 17.9. The summed E-state index contributed by atoms with van der Waals surface area (Å²) in [6, 6.07) is 8.93. The zero-order chi connectivity index (χ0) is 22.8. The number of aryl methyl sites for hydroxylation is 1. The number of hydrogen-bond donors (Lipinski definition) is 2. The summed E-state index contributed by atoms with van der Waals surface area (Å²) in [6.07, 6.45) is 1.02. The molecule has 8 heteroatoms. The second kappa shape index (κ2) is 12.0. The van der Waals surface area contributed by atoms with Crippen molar-refractivity contribution in [3.05, 3.63) is 58.9 Å². The molecule has 1 atom stereocenters. The number of halogens is 1. The second-order valence-corrected chi connectivity index (χ2v) is 6.99. The summed E-state index contributed by atoms with van der Waals surface area (Å²) in [5.41, 5.74) is 2.13. The van der Waals surface area contributed by atoms with E-state index in [-0.39, 0.29) is 18.2 Å². The third kappa shape index (κ3) is 7.34. The summed E-state index contributed by atoms with van der Waals surface area (Å²) in [7, 11) is 3.06. The molecule has 0 aliphatic heterocycles. The molecule has 0 fully saturated rings. The maximum absolute atomic E-state index is 13.3. The van der Waals surface area contributed by atoms with Crippen LogP contribution in [0.2, 0.25) is 0 Å². The normalized spacial score (nSPS) is 11.7. The molecule has 0 heterocycles. The Labute approximate surface area is 181 Å². The van der Waals surface area contributed by atoms with E-state index in [1.54, 1.807) is 24.3 Å². The quantitative estimate of drug-likeness (QED) is 0.370. The summed E-state index contributed by atoms with van der Waals surface area (Å²) >= 11 is 0. The number of ketones is 1. The first-order chi connectivity index (χ1) is 14.8. The molecule has 1 unspecified atom stereocenters. The van der Waals surface area contributed by atoms with Gasteiger partial charge in [-0.3, -0.25) is 4.79 Å². The minimum absolute atomic E-state index is 0.146.